The number of nitrogens with zero attached hydrogens (tertiary/aromatic N) is 2. The first-order valence-corrected chi connectivity index (χ1v) is 7.52. The molecule has 0 aromatic heterocycles. The number of carboxylic acids is 1. The first kappa shape index (κ1) is 17.5. The lowest BCUT2D eigenvalue weighted by Gasteiger charge is -2.16. The Balaban J connectivity index is 1.85. The molecule has 4 amide bonds. The summed E-state index contributed by atoms with van der Waals surface area (Å²) in [5, 5.41) is 11.7. The molecule has 1 atom stereocenters. The predicted molar refractivity (Wildman–Crippen MR) is 83.9 cm³/mol. The molecule has 0 bridgehead atoms. The van der Waals surface area contributed by atoms with Crippen molar-refractivity contribution in [2.45, 2.75) is 18.9 Å². The number of aliphatic carboxylic acids is 1. The third-order valence-electron chi connectivity index (χ3n) is 3.70. The van der Waals surface area contributed by atoms with Crippen molar-refractivity contribution in [1.82, 2.24) is 15.1 Å². The molecular weight excluding hydrogens is 314 g/mol. The number of amides is 4. The predicted octanol–water partition coefficient (Wildman–Crippen LogP) is 0.603. The number of carboxylic acid groups (broad SMARTS) is 1. The number of benzene rings is 1. The van der Waals surface area contributed by atoms with E-state index < -0.39 is 17.9 Å². The fourth-order valence-electron chi connectivity index (χ4n) is 2.45. The van der Waals surface area contributed by atoms with Gasteiger partial charge in [0.2, 0.25) is 11.8 Å². The molecule has 0 saturated carbocycles. The Bertz CT molecular complexity index is 646. The lowest BCUT2D eigenvalue weighted by molar-refractivity contribution is -0.142. The van der Waals surface area contributed by atoms with Crippen LogP contribution in [-0.4, -0.2) is 58.9 Å². The van der Waals surface area contributed by atoms with Gasteiger partial charge >= 0.3 is 12.0 Å². The van der Waals surface area contributed by atoms with Gasteiger partial charge in [-0.05, 0) is 12.0 Å². The molecule has 0 radical (unpaired) electrons. The highest BCUT2D eigenvalue weighted by Crippen LogP contribution is 2.14. The van der Waals surface area contributed by atoms with Crippen LogP contribution >= 0.6 is 0 Å². The van der Waals surface area contributed by atoms with Crippen LogP contribution < -0.4 is 5.32 Å². The molecule has 128 valence electrons. The Morgan fingerprint density at radius 1 is 1.25 bits per heavy atom. The highest BCUT2D eigenvalue weighted by Gasteiger charge is 2.33. The molecule has 1 aliphatic heterocycles. The van der Waals surface area contributed by atoms with Crippen molar-refractivity contribution in [1.29, 1.82) is 0 Å². The van der Waals surface area contributed by atoms with Gasteiger partial charge in [-0.2, -0.15) is 0 Å². The summed E-state index contributed by atoms with van der Waals surface area (Å²) in [7, 11) is 1.53. The van der Waals surface area contributed by atoms with E-state index in [-0.39, 0.29) is 37.9 Å². The van der Waals surface area contributed by atoms with Gasteiger partial charge in [0.1, 0.15) is 6.54 Å². The van der Waals surface area contributed by atoms with E-state index in [2.05, 4.69) is 5.32 Å². The van der Waals surface area contributed by atoms with E-state index >= 15 is 0 Å². The molecular formula is C16H19N3O5. The molecule has 1 saturated heterocycles. The van der Waals surface area contributed by atoms with Crippen molar-refractivity contribution in [3.8, 4) is 0 Å². The average molecular weight is 333 g/mol. The summed E-state index contributed by atoms with van der Waals surface area (Å²) in [6, 6.07) is 6.88. The van der Waals surface area contributed by atoms with Crippen LogP contribution in [0.2, 0.25) is 0 Å². The van der Waals surface area contributed by atoms with Gasteiger partial charge in [-0.3, -0.25) is 14.5 Å². The van der Waals surface area contributed by atoms with Crippen LogP contribution in [0.3, 0.4) is 0 Å². The second-order valence-electron chi connectivity index (χ2n) is 5.54. The molecule has 1 aromatic rings. The molecule has 8 heteroatoms. The largest absolute Gasteiger partial charge is 0.479 e. The van der Waals surface area contributed by atoms with Gasteiger partial charge in [-0.1, -0.05) is 30.3 Å². The maximum Gasteiger partial charge on any atom is 0.330 e. The SMILES string of the molecule is CN1CC(=O)N(CCCC(=O)N[C@H](C(=O)O)c2ccccc2)C1=O. The summed E-state index contributed by atoms with van der Waals surface area (Å²) in [5.74, 6) is -1.89. The molecule has 1 heterocycles. The first-order chi connectivity index (χ1) is 11.4. The molecule has 2 rings (SSSR count). The zero-order valence-corrected chi connectivity index (χ0v) is 13.3. The lowest BCUT2D eigenvalue weighted by atomic mass is 10.1. The topological polar surface area (TPSA) is 107 Å². The number of imide groups is 1. The van der Waals surface area contributed by atoms with Gasteiger partial charge in [0.15, 0.2) is 6.04 Å². The van der Waals surface area contributed by atoms with E-state index in [1.165, 1.54) is 11.9 Å². The molecule has 0 spiro atoms. The summed E-state index contributed by atoms with van der Waals surface area (Å²) < 4.78 is 0. The van der Waals surface area contributed by atoms with Crippen LogP contribution in [0.25, 0.3) is 0 Å². The average Bonchev–Trinajstić information content (AvgIpc) is 2.79. The lowest BCUT2D eigenvalue weighted by Crippen LogP contribution is -2.35. The monoisotopic (exact) mass is 333 g/mol. The summed E-state index contributed by atoms with van der Waals surface area (Å²) in [5.41, 5.74) is 0.477. The minimum atomic E-state index is -1.15. The van der Waals surface area contributed by atoms with Crippen LogP contribution in [-0.2, 0) is 14.4 Å². The molecule has 1 aromatic carbocycles. The normalized spacial score (nSPS) is 15.5. The van der Waals surface area contributed by atoms with E-state index in [4.69, 9.17) is 0 Å². The van der Waals surface area contributed by atoms with Crippen molar-refractivity contribution in [3.63, 3.8) is 0 Å². The highest BCUT2D eigenvalue weighted by molar-refractivity contribution is 6.01. The number of carbonyl (C=O) groups is 4. The maximum atomic E-state index is 12.0. The van der Waals surface area contributed by atoms with Crippen LogP contribution in [0.15, 0.2) is 30.3 Å². The zero-order valence-electron chi connectivity index (χ0n) is 13.3. The first-order valence-electron chi connectivity index (χ1n) is 7.52. The Morgan fingerprint density at radius 2 is 1.92 bits per heavy atom. The fraction of sp³-hybridized carbons (Fsp3) is 0.375. The second-order valence-corrected chi connectivity index (χ2v) is 5.54. The minimum absolute atomic E-state index is 0.0252. The van der Waals surface area contributed by atoms with Gasteiger partial charge in [-0.15, -0.1) is 0 Å². The molecule has 0 unspecified atom stereocenters. The van der Waals surface area contributed by atoms with Gasteiger partial charge in [0, 0.05) is 20.0 Å². The number of carbonyl (C=O) groups excluding carboxylic acids is 3. The van der Waals surface area contributed by atoms with Gasteiger partial charge in [0.25, 0.3) is 0 Å². The molecule has 24 heavy (non-hydrogen) atoms. The molecule has 1 aliphatic rings. The number of likely N-dealkylation sites (N-methyl/N-ethyl adjacent to an activating group) is 1. The highest BCUT2D eigenvalue weighted by atomic mass is 16.4. The molecule has 1 fully saturated rings. The maximum absolute atomic E-state index is 12.0. The third-order valence-corrected chi connectivity index (χ3v) is 3.70. The summed E-state index contributed by atoms with van der Waals surface area (Å²) in [6.45, 7) is 0.179. The number of hydrogen-bond donors (Lipinski definition) is 2. The minimum Gasteiger partial charge on any atom is -0.479 e. The Labute approximate surface area is 139 Å². The Hall–Kier alpha value is -2.90. The molecule has 8 nitrogen and oxygen atoms in total. The van der Waals surface area contributed by atoms with E-state index in [1.54, 1.807) is 30.3 Å². The number of nitrogens with one attached hydrogen (secondary N) is 1. The Morgan fingerprint density at radius 3 is 2.46 bits per heavy atom. The van der Waals surface area contributed by atoms with Crippen LogP contribution in [0, 0.1) is 0 Å². The van der Waals surface area contributed by atoms with Crippen LogP contribution in [0.1, 0.15) is 24.4 Å². The van der Waals surface area contributed by atoms with Gasteiger partial charge < -0.3 is 15.3 Å². The van der Waals surface area contributed by atoms with Gasteiger partial charge in [-0.25, -0.2) is 9.59 Å². The number of rotatable bonds is 7. The van der Waals surface area contributed by atoms with Gasteiger partial charge in [0.05, 0.1) is 0 Å². The van der Waals surface area contributed by atoms with E-state index in [1.807, 2.05) is 0 Å². The quantitative estimate of drug-likeness (QED) is 0.711. The van der Waals surface area contributed by atoms with E-state index in [0.717, 1.165) is 4.90 Å². The summed E-state index contributed by atoms with van der Waals surface area (Å²) in [6.07, 6.45) is 0.301. The van der Waals surface area contributed by atoms with Crippen molar-refractivity contribution in [2.75, 3.05) is 20.1 Å². The fourth-order valence-corrected chi connectivity index (χ4v) is 2.45. The van der Waals surface area contributed by atoms with Crippen LogP contribution in [0.5, 0.6) is 0 Å². The second kappa shape index (κ2) is 7.58. The van der Waals surface area contributed by atoms with Crippen molar-refractivity contribution < 1.29 is 24.3 Å². The number of hydrogen-bond acceptors (Lipinski definition) is 4. The van der Waals surface area contributed by atoms with Crippen molar-refractivity contribution >= 4 is 23.8 Å². The number of urea groups is 1. The summed E-state index contributed by atoms with van der Waals surface area (Å²) in [4.78, 5) is 49.0. The standard InChI is InChI=1S/C16H19N3O5/c1-18-10-13(21)19(16(18)24)9-5-8-12(20)17-14(15(22)23)11-6-3-2-4-7-11/h2-4,6-7,14H,5,8-10H2,1H3,(H,17,20)(H,22,23)/t14-/m0/s1. The van der Waals surface area contributed by atoms with Crippen molar-refractivity contribution in [2.24, 2.45) is 0 Å². The molecule has 2 N–H and O–H groups in total. The smallest absolute Gasteiger partial charge is 0.330 e. The van der Waals surface area contributed by atoms with E-state index in [0.29, 0.717) is 5.56 Å². The van der Waals surface area contributed by atoms with Crippen LogP contribution in [0.4, 0.5) is 4.79 Å². The zero-order chi connectivity index (χ0) is 17.7. The third kappa shape index (κ3) is 4.09. The van der Waals surface area contributed by atoms with Crippen molar-refractivity contribution in [3.05, 3.63) is 35.9 Å². The summed E-state index contributed by atoms with van der Waals surface area (Å²) >= 11 is 0. The molecule has 0 aliphatic carbocycles. The van der Waals surface area contributed by atoms with E-state index in [9.17, 15) is 24.3 Å². The Kier molecular flexibility index (Phi) is 5.51.